The minimum Gasteiger partial charge on any atom is -0.467 e. The number of ether oxygens (including phenoxy) is 1. The molecule has 2 bridgehead atoms. The maximum atomic E-state index is 12.8. The molecule has 1 N–H and O–H groups in total. The highest BCUT2D eigenvalue weighted by molar-refractivity contribution is 5.75. The molecule has 4 rings (SSSR count). The maximum absolute atomic E-state index is 12.8. The van der Waals surface area contributed by atoms with Gasteiger partial charge in [0.1, 0.15) is 5.76 Å². The van der Waals surface area contributed by atoms with Gasteiger partial charge in [-0.15, -0.1) is 0 Å². The van der Waals surface area contributed by atoms with Crippen LogP contribution in [-0.4, -0.2) is 35.7 Å². The van der Waals surface area contributed by atoms with E-state index < -0.39 is 0 Å². The number of likely N-dealkylation sites (tertiary alicyclic amines) is 1. The number of rotatable bonds is 2. The number of hydrogen-bond acceptors (Lipinski definition) is 3. The molecule has 0 aliphatic carbocycles. The fourth-order valence-electron chi connectivity index (χ4n) is 4.16. The standard InChI is InChI=1S/C17H24N2O3/c20-17(18-13-11-12-7-8-15(13)22-12)19-9-3-1-2-5-14(19)16-6-4-10-21-16/h4,6,10,12-15H,1-3,5,7-9,11H2,(H,18,20)/t12-,13+,14+,15-/m1/s1. The molecule has 0 unspecified atom stereocenters. The Labute approximate surface area is 131 Å². The Morgan fingerprint density at radius 3 is 2.91 bits per heavy atom. The van der Waals surface area contributed by atoms with E-state index in [4.69, 9.17) is 9.15 Å². The van der Waals surface area contributed by atoms with Gasteiger partial charge in [0.25, 0.3) is 0 Å². The Bertz CT molecular complexity index is 516. The van der Waals surface area contributed by atoms with Crippen LogP contribution in [0, 0.1) is 0 Å². The molecule has 0 radical (unpaired) electrons. The van der Waals surface area contributed by atoms with E-state index in [1.165, 1.54) is 6.42 Å². The molecular weight excluding hydrogens is 280 g/mol. The lowest BCUT2D eigenvalue weighted by Crippen LogP contribution is -2.49. The molecule has 5 heteroatoms. The van der Waals surface area contributed by atoms with E-state index in [1.54, 1.807) is 6.26 Å². The monoisotopic (exact) mass is 304 g/mol. The van der Waals surface area contributed by atoms with Crippen LogP contribution in [0.5, 0.6) is 0 Å². The molecule has 3 aliphatic rings. The molecule has 1 aromatic rings. The molecule has 0 aromatic carbocycles. The summed E-state index contributed by atoms with van der Waals surface area (Å²) >= 11 is 0. The Hall–Kier alpha value is -1.49. The topological polar surface area (TPSA) is 54.7 Å². The normalized spacial score (nSPS) is 34.6. The fourth-order valence-corrected chi connectivity index (χ4v) is 4.16. The molecule has 22 heavy (non-hydrogen) atoms. The largest absolute Gasteiger partial charge is 0.467 e. The van der Waals surface area contributed by atoms with Gasteiger partial charge in [-0.25, -0.2) is 4.79 Å². The number of hydrogen-bond donors (Lipinski definition) is 1. The lowest BCUT2D eigenvalue weighted by molar-refractivity contribution is 0.0959. The quantitative estimate of drug-likeness (QED) is 0.912. The predicted octanol–water partition coefficient (Wildman–Crippen LogP) is 3.23. The van der Waals surface area contributed by atoms with Crippen LogP contribution in [0.25, 0.3) is 0 Å². The number of carbonyl (C=O) groups excluding carboxylic acids is 1. The summed E-state index contributed by atoms with van der Waals surface area (Å²) in [6.07, 6.45) is 9.85. The number of fused-ring (bicyclic) bond motifs is 2. The highest BCUT2D eigenvalue weighted by Crippen LogP contribution is 2.35. The molecule has 3 aliphatic heterocycles. The van der Waals surface area contributed by atoms with Gasteiger partial charge in [0.05, 0.1) is 30.6 Å². The van der Waals surface area contributed by atoms with E-state index >= 15 is 0 Å². The van der Waals surface area contributed by atoms with Crippen molar-refractivity contribution >= 4 is 6.03 Å². The zero-order valence-corrected chi connectivity index (χ0v) is 12.9. The predicted molar refractivity (Wildman–Crippen MR) is 81.5 cm³/mol. The summed E-state index contributed by atoms with van der Waals surface area (Å²) in [5.74, 6) is 0.904. The molecule has 0 saturated carbocycles. The van der Waals surface area contributed by atoms with Crippen molar-refractivity contribution in [2.45, 2.75) is 69.2 Å². The number of urea groups is 1. The summed E-state index contributed by atoms with van der Waals surface area (Å²) in [7, 11) is 0. The molecule has 120 valence electrons. The summed E-state index contributed by atoms with van der Waals surface area (Å²) in [6.45, 7) is 0.804. The van der Waals surface area contributed by atoms with E-state index in [0.717, 1.165) is 50.8 Å². The fraction of sp³-hybridized carbons (Fsp3) is 0.706. The second-order valence-electron chi connectivity index (χ2n) is 6.74. The zero-order valence-electron chi connectivity index (χ0n) is 12.9. The molecule has 3 fully saturated rings. The van der Waals surface area contributed by atoms with Crippen LogP contribution in [0.4, 0.5) is 4.79 Å². The Morgan fingerprint density at radius 1 is 1.23 bits per heavy atom. The van der Waals surface area contributed by atoms with Crippen molar-refractivity contribution in [2.75, 3.05) is 6.54 Å². The molecule has 3 saturated heterocycles. The van der Waals surface area contributed by atoms with Gasteiger partial charge in [0.2, 0.25) is 0 Å². The third-order valence-corrected chi connectivity index (χ3v) is 5.30. The summed E-state index contributed by atoms with van der Waals surface area (Å²) in [5, 5.41) is 3.22. The number of furan rings is 1. The molecule has 2 amide bonds. The number of carbonyl (C=O) groups is 1. The molecule has 1 aromatic heterocycles. The van der Waals surface area contributed by atoms with Crippen LogP contribution in [0.15, 0.2) is 22.8 Å². The summed E-state index contributed by atoms with van der Waals surface area (Å²) < 4.78 is 11.4. The summed E-state index contributed by atoms with van der Waals surface area (Å²) in [5.41, 5.74) is 0. The minimum atomic E-state index is 0.0458. The molecular formula is C17H24N2O3. The van der Waals surface area contributed by atoms with Crippen molar-refractivity contribution in [2.24, 2.45) is 0 Å². The lowest BCUT2D eigenvalue weighted by Gasteiger charge is -2.31. The van der Waals surface area contributed by atoms with Crippen molar-refractivity contribution < 1.29 is 13.9 Å². The van der Waals surface area contributed by atoms with Gasteiger partial charge in [-0.2, -0.15) is 0 Å². The summed E-state index contributed by atoms with van der Waals surface area (Å²) in [4.78, 5) is 14.8. The first-order valence-corrected chi connectivity index (χ1v) is 8.57. The first kappa shape index (κ1) is 14.1. The van der Waals surface area contributed by atoms with Crippen molar-refractivity contribution in [3.8, 4) is 0 Å². The highest BCUT2D eigenvalue weighted by atomic mass is 16.5. The third-order valence-electron chi connectivity index (χ3n) is 5.30. The number of amides is 2. The van der Waals surface area contributed by atoms with Crippen molar-refractivity contribution in [1.29, 1.82) is 0 Å². The molecule has 0 spiro atoms. The Balaban J connectivity index is 1.46. The molecule has 4 heterocycles. The lowest BCUT2D eigenvalue weighted by atomic mass is 9.95. The molecule has 4 atom stereocenters. The van der Waals surface area contributed by atoms with Crippen LogP contribution in [0.3, 0.4) is 0 Å². The van der Waals surface area contributed by atoms with Crippen molar-refractivity contribution in [3.63, 3.8) is 0 Å². The highest BCUT2D eigenvalue weighted by Gasteiger charge is 2.42. The maximum Gasteiger partial charge on any atom is 0.318 e. The number of nitrogens with one attached hydrogen (secondary N) is 1. The van der Waals surface area contributed by atoms with Crippen LogP contribution in [0.1, 0.15) is 56.7 Å². The second-order valence-corrected chi connectivity index (χ2v) is 6.74. The summed E-state index contributed by atoms with van der Waals surface area (Å²) in [6, 6.07) is 4.19. The van der Waals surface area contributed by atoms with Crippen LogP contribution in [0.2, 0.25) is 0 Å². The van der Waals surface area contributed by atoms with E-state index in [2.05, 4.69) is 5.32 Å². The van der Waals surface area contributed by atoms with Crippen molar-refractivity contribution in [1.82, 2.24) is 10.2 Å². The van der Waals surface area contributed by atoms with E-state index in [1.807, 2.05) is 17.0 Å². The van der Waals surface area contributed by atoms with Gasteiger partial charge in [-0.1, -0.05) is 12.8 Å². The SMILES string of the molecule is O=C(N[C@H]1C[C@H]2CC[C@H]1O2)N1CCCCC[C@H]1c1ccco1. The number of nitrogens with zero attached hydrogens (tertiary/aromatic N) is 1. The Morgan fingerprint density at radius 2 is 2.18 bits per heavy atom. The van der Waals surface area contributed by atoms with E-state index in [9.17, 15) is 4.79 Å². The van der Waals surface area contributed by atoms with E-state index in [0.29, 0.717) is 6.10 Å². The first-order chi connectivity index (χ1) is 10.8. The van der Waals surface area contributed by atoms with Gasteiger partial charge < -0.3 is 19.4 Å². The first-order valence-electron chi connectivity index (χ1n) is 8.57. The van der Waals surface area contributed by atoms with Crippen LogP contribution >= 0.6 is 0 Å². The second kappa shape index (κ2) is 5.95. The smallest absolute Gasteiger partial charge is 0.318 e. The van der Waals surface area contributed by atoms with Crippen LogP contribution in [-0.2, 0) is 4.74 Å². The molecule has 5 nitrogen and oxygen atoms in total. The van der Waals surface area contributed by atoms with Gasteiger partial charge in [0, 0.05) is 6.54 Å². The van der Waals surface area contributed by atoms with Gasteiger partial charge in [-0.3, -0.25) is 0 Å². The third kappa shape index (κ3) is 2.62. The average Bonchev–Trinajstić information content (AvgIpc) is 3.23. The van der Waals surface area contributed by atoms with E-state index in [-0.39, 0.29) is 24.2 Å². The Kier molecular flexibility index (Phi) is 3.82. The minimum absolute atomic E-state index is 0.0458. The van der Waals surface area contributed by atoms with Gasteiger partial charge in [-0.05, 0) is 44.2 Å². The van der Waals surface area contributed by atoms with Gasteiger partial charge in [0.15, 0.2) is 0 Å². The van der Waals surface area contributed by atoms with Gasteiger partial charge >= 0.3 is 6.03 Å². The average molecular weight is 304 g/mol. The van der Waals surface area contributed by atoms with Crippen molar-refractivity contribution in [3.05, 3.63) is 24.2 Å². The van der Waals surface area contributed by atoms with Crippen LogP contribution < -0.4 is 5.32 Å². The zero-order chi connectivity index (χ0) is 14.9.